The zero-order chi connectivity index (χ0) is 20.8. The number of rotatable bonds is 7. The highest BCUT2D eigenvalue weighted by molar-refractivity contribution is 6.03. The van der Waals surface area contributed by atoms with Gasteiger partial charge < -0.3 is 20.1 Å². The Balaban J connectivity index is 1.77. The fraction of sp³-hybridized carbons (Fsp3) is 0.227. The van der Waals surface area contributed by atoms with E-state index in [9.17, 15) is 4.79 Å². The number of carbonyl (C=O) groups is 1. The van der Waals surface area contributed by atoms with Crippen molar-refractivity contribution in [3.8, 4) is 11.5 Å². The van der Waals surface area contributed by atoms with Gasteiger partial charge in [0.15, 0.2) is 11.5 Å². The van der Waals surface area contributed by atoms with Gasteiger partial charge in [-0.2, -0.15) is 0 Å². The van der Waals surface area contributed by atoms with E-state index >= 15 is 0 Å². The van der Waals surface area contributed by atoms with Crippen LogP contribution in [0.2, 0.25) is 0 Å². The SMILES string of the molecule is COc1ccc(NC(=O)c2cc(C)nc(NC(C)c3ccccc3)n2)cc1OC. The number of hydrogen-bond donors (Lipinski definition) is 2. The summed E-state index contributed by atoms with van der Waals surface area (Å²) in [7, 11) is 3.10. The molecule has 7 heteroatoms. The van der Waals surface area contributed by atoms with Crippen LogP contribution >= 0.6 is 0 Å². The van der Waals surface area contributed by atoms with Gasteiger partial charge in [-0.25, -0.2) is 9.97 Å². The van der Waals surface area contributed by atoms with Gasteiger partial charge in [-0.15, -0.1) is 0 Å². The van der Waals surface area contributed by atoms with Gasteiger partial charge in [0.05, 0.1) is 20.3 Å². The van der Waals surface area contributed by atoms with Crippen molar-refractivity contribution in [3.05, 3.63) is 71.5 Å². The Bertz CT molecular complexity index is 993. The molecule has 3 rings (SSSR count). The van der Waals surface area contributed by atoms with Gasteiger partial charge >= 0.3 is 0 Å². The number of aryl methyl sites for hydroxylation is 1. The van der Waals surface area contributed by atoms with Crippen molar-refractivity contribution >= 4 is 17.5 Å². The maximum absolute atomic E-state index is 12.7. The van der Waals surface area contributed by atoms with E-state index in [0.717, 1.165) is 5.56 Å². The molecular weight excluding hydrogens is 368 g/mol. The lowest BCUT2D eigenvalue weighted by Crippen LogP contribution is -2.17. The number of nitrogens with zero attached hydrogens (tertiary/aromatic N) is 2. The number of amides is 1. The lowest BCUT2D eigenvalue weighted by molar-refractivity contribution is 0.102. The molecule has 1 atom stereocenters. The summed E-state index contributed by atoms with van der Waals surface area (Å²) in [6.07, 6.45) is 0. The third-order valence-electron chi connectivity index (χ3n) is 4.37. The zero-order valence-corrected chi connectivity index (χ0v) is 16.9. The molecule has 0 aliphatic heterocycles. The van der Waals surface area contributed by atoms with E-state index in [4.69, 9.17) is 9.47 Å². The molecule has 2 N–H and O–H groups in total. The highest BCUT2D eigenvalue weighted by Crippen LogP contribution is 2.30. The van der Waals surface area contributed by atoms with Crippen LogP contribution in [0.3, 0.4) is 0 Å². The monoisotopic (exact) mass is 392 g/mol. The minimum Gasteiger partial charge on any atom is -0.493 e. The van der Waals surface area contributed by atoms with Crippen molar-refractivity contribution in [1.29, 1.82) is 0 Å². The summed E-state index contributed by atoms with van der Waals surface area (Å²) >= 11 is 0. The largest absolute Gasteiger partial charge is 0.493 e. The van der Waals surface area contributed by atoms with Crippen molar-refractivity contribution in [1.82, 2.24) is 9.97 Å². The summed E-state index contributed by atoms with van der Waals surface area (Å²) in [5, 5.41) is 6.08. The van der Waals surface area contributed by atoms with Crippen molar-refractivity contribution in [2.24, 2.45) is 0 Å². The predicted molar refractivity (Wildman–Crippen MR) is 113 cm³/mol. The summed E-state index contributed by atoms with van der Waals surface area (Å²) in [4.78, 5) is 21.5. The van der Waals surface area contributed by atoms with E-state index in [-0.39, 0.29) is 17.6 Å². The van der Waals surface area contributed by atoms with Crippen LogP contribution < -0.4 is 20.1 Å². The number of anilines is 2. The summed E-state index contributed by atoms with van der Waals surface area (Å²) in [5.74, 6) is 1.19. The number of carbonyl (C=O) groups excluding carboxylic acids is 1. The number of ether oxygens (including phenoxy) is 2. The number of nitrogens with one attached hydrogen (secondary N) is 2. The van der Waals surface area contributed by atoms with Crippen molar-refractivity contribution in [2.45, 2.75) is 19.9 Å². The molecule has 2 aromatic carbocycles. The smallest absolute Gasteiger partial charge is 0.274 e. The summed E-state index contributed by atoms with van der Waals surface area (Å²) in [6.45, 7) is 3.84. The fourth-order valence-electron chi connectivity index (χ4n) is 2.88. The molecule has 1 unspecified atom stereocenters. The molecule has 0 spiro atoms. The Morgan fingerprint density at radius 2 is 1.69 bits per heavy atom. The van der Waals surface area contributed by atoms with E-state index in [1.165, 1.54) is 0 Å². The number of methoxy groups -OCH3 is 2. The molecule has 3 aromatic rings. The average Bonchev–Trinajstić information content (AvgIpc) is 2.73. The second-order valence-electron chi connectivity index (χ2n) is 6.52. The quantitative estimate of drug-likeness (QED) is 0.626. The van der Waals surface area contributed by atoms with Crippen molar-refractivity contribution < 1.29 is 14.3 Å². The second kappa shape index (κ2) is 9.05. The van der Waals surface area contributed by atoms with E-state index in [0.29, 0.717) is 28.8 Å². The van der Waals surface area contributed by atoms with Gasteiger partial charge in [-0.05, 0) is 37.6 Å². The van der Waals surface area contributed by atoms with Crippen molar-refractivity contribution in [2.75, 3.05) is 24.9 Å². The fourth-order valence-corrected chi connectivity index (χ4v) is 2.88. The van der Waals surface area contributed by atoms with Crippen LogP contribution in [0.4, 0.5) is 11.6 Å². The van der Waals surface area contributed by atoms with Crippen LogP contribution in [-0.4, -0.2) is 30.1 Å². The minimum absolute atomic E-state index is 0.000222. The molecule has 1 aromatic heterocycles. The van der Waals surface area contributed by atoms with Gasteiger partial charge in [0.2, 0.25) is 5.95 Å². The molecule has 0 aliphatic carbocycles. The van der Waals surface area contributed by atoms with E-state index in [2.05, 4.69) is 20.6 Å². The highest BCUT2D eigenvalue weighted by atomic mass is 16.5. The molecule has 0 bridgehead atoms. The van der Waals surface area contributed by atoms with Crippen LogP contribution in [0.25, 0.3) is 0 Å². The van der Waals surface area contributed by atoms with Crippen LogP contribution in [0.15, 0.2) is 54.6 Å². The Morgan fingerprint density at radius 1 is 0.966 bits per heavy atom. The van der Waals surface area contributed by atoms with E-state index in [1.54, 1.807) is 38.5 Å². The first-order chi connectivity index (χ1) is 14.0. The third-order valence-corrected chi connectivity index (χ3v) is 4.37. The summed E-state index contributed by atoms with van der Waals surface area (Å²) < 4.78 is 10.5. The van der Waals surface area contributed by atoms with Gasteiger partial charge in [-0.1, -0.05) is 30.3 Å². The van der Waals surface area contributed by atoms with Gasteiger partial charge in [0.1, 0.15) is 5.69 Å². The van der Waals surface area contributed by atoms with E-state index < -0.39 is 0 Å². The Kier molecular flexibility index (Phi) is 6.29. The van der Waals surface area contributed by atoms with Crippen LogP contribution in [0, 0.1) is 6.92 Å². The molecule has 150 valence electrons. The molecule has 29 heavy (non-hydrogen) atoms. The molecule has 0 aliphatic rings. The Labute approximate surface area is 170 Å². The molecule has 7 nitrogen and oxygen atoms in total. The van der Waals surface area contributed by atoms with Gasteiger partial charge in [0, 0.05) is 17.4 Å². The topological polar surface area (TPSA) is 85.4 Å². The molecule has 0 radical (unpaired) electrons. The second-order valence-corrected chi connectivity index (χ2v) is 6.52. The summed E-state index contributed by atoms with van der Waals surface area (Å²) in [5.41, 5.74) is 2.65. The van der Waals surface area contributed by atoms with Crippen LogP contribution in [0.1, 0.15) is 34.7 Å². The van der Waals surface area contributed by atoms with Gasteiger partial charge in [0.25, 0.3) is 5.91 Å². The molecule has 0 saturated carbocycles. The van der Waals surface area contributed by atoms with Gasteiger partial charge in [-0.3, -0.25) is 4.79 Å². The summed E-state index contributed by atoms with van der Waals surface area (Å²) in [6, 6.07) is 16.8. The average molecular weight is 392 g/mol. The predicted octanol–water partition coefficient (Wildman–Crippen LogP) is 4.23. The third kappa shape index (κ3) is 5.01. The van der Waals surface area contributed by atoms with E-state index in [1.807, 2.05) is 44.2 Å². The number of hydrogen-bond acceptors (Lipinski definition) is 6. The maximum Gasteiger partial charge on any atom is 0.274 e. The first-order valence-electron chi connectivity index (χ1n) is 9.20. The Hall–Kier alpha value is -3.61. The first kappa shape index (κ1) is 20.1. The van der Waals surface area contributed by atoms with Crippen LogP contribution in [-0.2, 0) is 0 Å². The highest BCUT2D eigenvalue weighted by Gasteiger charge is 2.14. The lowest BCUT2D eigenvalue weighted by atomic mass is 10.1. The normalized spacial score (nSPS) is 11.4. The molecule has 0 fully saturated rings. The number of aromatic nitrogens is 2. The number of benzene rings is 2. The molecule has 0 saturated heterocycles. The lowest BCUT2D eigenvalue weighted by Gasteiger charge is -2.15. The van der Waals surface area contributed by atoms with Crippen LogP contribution in [0.5, 0.6) is 11.5 Å². The Morgan fingerprint density at radius 3 is 2.38 bits per heavy atom. The zero-order valence-electron chi connectivity index (χ0n) is 16.9. The standard InChI is InChI=1S/C22H24N4O3/c1-14-12-18(21(27)25-17-10-11-19(28-3)20(13-17)29-4)26-22(23-14)24-15(2)16-8-6-5-7-9-16/h5-13,15H,1-4H3,(H,25,27)(H,23,24,26). The first-order valence-corrected chi connectivity index (χ1v) is 9.20. The molecular formula is C22H24N4O3. The van der Waals surface area contributed by atoms with Crippen molar-refractivity contribution in [3.63, 3.8) is 0 Å². The maximum atomic E-state index is 12.7. The molecule has 1 amide bonds. The minimum atomic E-state index is -0.335. The molecule has 1 heterocycles.